The number of halogens is 3. The molecule has 4 bridgehead atoms. The van der Waals surface area contributed by atoms with E-state index >= 15 is 0 Å². The summed E-state index contributed by atoms with van der Waals surface area (Å²) in [6, 6.07) is 0. The fourth-order valence-corrected chi connectivity index (χ4v) is 5.17. The van der Waals surface area contributed by atoms with Gasteiger partial charge in [-0.15, -0.1) is 0 Å². The van der Waals surface area contributed by atoms with Crippen LogP contribution in [0.3, 0.4) is 0 Å². The van der Waals surface area contributed by atoms with Crippen molar-refractivity contribution in [1.82, 2.24) is 0 Å². The van der Waals surface area contributed by atoms with Gasteiger partial charge in [-0.25, -0.2) is 0 Å². The zero-order valence-corrected chi connectivity index (χ0v) is 20.7. The predicted molar refractivity (Wildman–Crippen MR) is 117 cm³/mol. The lowest BCUT2D eigenvalue weighted by Gasteiger charge is -2.56. The van der Waals surface area contributed by atoms with Gasteiger partial charge in [0, 0.05) is 0 Å². The van der Waals surface area contributed by atoms with Crippen molar-refractivity contribution in [3.8, 4) is 0 Å². The second-order valence-corrected chi connectivity index (χ2v) is 11.6. The van der Waals surface area contributed by atoms with E-state index in [4.69, 9.17) is 4.74 Å². The Bertz CT molecular complexity index is 646. The van der Waals surface area contributed by atoms with Gasteiger partial charge >= 0.3 is 18.1 Å². The van der Waals surface area contributed by atoms with Crippen LogP contribution in [0.4, 0.5) is 13.2 Å². The zero-order valence-electron chi connectivity index (χ0n) is 20.7. The van der Waals surface area contributed by atoms with Gasteiger partial charge in [-0.05, 0) is 104 Å². The van der Waals surface area contributed by atoms with E-state index in [1.165, 1.54) is 19.3 Å². The molecule has 1 atom stereocenters. The van der Waals surface area contributed by atoms with Gasteiger partial charge in [-0.2, -0.15) is 13.2 Å². The van der Waals surface area contributed by atoms with Crippen LogP contribution in [0.25, 0.3) is 0 Å². The molecule has 0 N–H and O–H groups in total. The Kier molecular flexibility index (Phi) is 8.04. The molecule has 0 radical (unpaired) electrons. The van der Waals surface area contributed by atoms with E-state index < -0.39 is 23.7 Å². The smallest absolute Gasteiger partial charge is 0.425 e. The number of ether oxygens (including phenoxy) is 2. The maximum Gasteiger partial charge on any atom is 0.425 e. The van der Waals surface area contributed by atoms with Gasteiger partial charge in [0.1, 0.15) is 5.60 Å². The Morgan fingerprint density at radius 2 is 1.22 bits per heavy atom. The number of carbonyl (C=O) groups is 2. The maximum atomic E-state index is 12.4. The molecule has 0 spiro atoms. The van der Waals surface area contributed by atoms with Gasteiger partial charge < -0.3 is 9.47 Å². The molecule has 0 heterocycles. The molecule has 4 nitrogen and oxygen atoms in total. The summed E-state index contributed by atoms with van der Waals surface area (Å²) in [5.41, 5.74) is -1.25. The maximum absolute atomic E-state index is 12.4. The van der Waals surface area contributed by atoms with E-state index in [0.29, 0.717) is 6.42 Å². The van der Waals surface area contributed by atoms with Gasteiger partial charge in [-0.3, -0.25) is 9.59 Å². The first-order chi connectivity index (χ1) is 14.5. The molecule has 0 amide bonds. The Labute approximate surface area is 191 Å². The van der Waals surface area contributed by atoms with Crippen LogP contribution in [0.5, 0.6) is 0 Å². The van der Waals surface area contributed by atoms with Gasteiger partial charge in [0.2, 0.25) is 0 Å². The molecular formula is C25H41F3O4. The highest BCUT2D eigenvalue weighted by Gasteiger charge is 2.54. The first kappa shape index (κ1) is 27.0. The Morgan fingerprint density at radius 3 is 1.56 bits per heavy atom. The molecule has 0 aromatic heterocycles. The van der Waals surface area contributed by atoms with Crippen LogP contribution in [0, 0.1) is 28.6 Å². The van der Waals surface area contributed by atoms with E-state index in [-0.39, 0.29) is 17.0 Å². The number of carbonyl (C=O) groups excluding carboxylic acids is 2. The van der Waals surface area contributed by atoms with Crippen molar-refractivity contribution in [1.29, 1.82) is 0 Å². The van der Waals surface area contributed by atoms with Gasteiger partial charge in [0.05, 0.1) is 10.8 Å². The number of esters is 2. The molecule has 4 aliphatic rings. The SMILES string of the molecule is CCC(C)(C)C(=O)OC(C)C(F)(F)F.CCC(C)(C)C(=O)OC12CC3CC(CC(C3)C1)C2. The third-order valence-corrected chi connectivity index (χ3v) is 7.91. The summed E-state index contributed by atoms with van der Waals surface area (Å²) in [5, 5.41) is 0. The lowest BCUT2D eigenvalue weighted by molar-refractivity contribution is -0.221. The Morgan fingerprint density at radius 1 is 0.844 bits per heavy atom. The molecule has 0 saturated heterocycles. The second-order valence-electron chi connectivity index (χ2n) is 11.6. The molecule has 4 rings (SSSR count). The van der Waals surface area contributed by atoms with Crippen LogP contribution in [-0.2, 0) is 19.1 Å². The number of rotatable bonds is 6. The summed E-state index contributed by atoms with van der Waals surface area (Å²) in [6.45, 7) is 11.7. The lowest BCUT2D eigenvalue weighted by atomic mass is 9.54. The van der Waals surface area contributed by atoms with Gasteiger partial charge in [0.15, 0.2) is 6.10 Å². The number of alkyl halides is 3. The second kappa shape index (κ2) is 9.54. The molecule has 1 unspecified atom stereocenters. The summed E-state index contributed by atoms with van der Waals surface area (Å²) in [6.07, 6.45) is 2.39. The van der Waals surface area contributed by atoms with Crippen molar-refractivity contribution < 1.29 is 32.2 Å². The molecular weight excluding hydrogens is 421 g/mol. The first-order valence-corrected chi connectivity index (χ1v) is 12.0. The third kappa shape index (κ3) is 6.40. The number of hydrogen-bond acceptors (Lipinski definition) is 4. The molecule has 32 heavy (non-hydrogen) atoms. The quantitative estimate of drug-likeness (QED) is 0.405. The molecule has 0 aliphatic heterocycles. The largest absolute Gasteiger partial charge is 0.459 e. The minimum absolute atomic E-state index is 0.0342. The van der Waals surface area contributed by atoms with Crippen LogP contribution in [0.15, 0.2) is 0 Å². The summed E-state index contributed by atoms with van der Waals surface area (Å²) < 4.78 is 46.4. The summed E-state index contributed by atoms with van der Waals surface area (Å²) in [5.74, 6) is 1.74. The molecule has 186 valence electrons. The van der Waals surface area contributed by atoms with Crippen LogP contribution >= 0.6 is 0 Å². The highest BCUT2D eigenvalue weighted by molar-refractivity contribution is 5.76. The first-order valence-electron chi connectivity index (χ1n) is 12.0. The Hall–Kier alpha value is -1.27. The van der Waals surface area contributed by atoms with E-state index in [9.17, 15) is 22.8 Å². The van der Waals surface area contributed by atoms with Crippen molar-refractivity contribution in [2.75, 3.05) is 0 Å². The van der Waals surface area contributed by atoms with E-state index in [1.807, 2.05) is 13.8 Å². The molecule has 4 saturated carbocycles. The average molecular weight is 463 g/mol. The van der Waals surface area contributed by atoms with Crippen molar-refractivity contribution in [3.63, 3.8) is 0 Å². The predicted octanol–water partition coefficient (Wildman–Crippen LogP) is 6.85. The summed E-state index contributed by atoms with van der Waals surface area (Å²) in [7, 11) is 0. The van der Waals surface area contributed by atoms with Crippen LogP contribution in [-0.4, -0.2) is 29.8 Å². The van der Waals surface area contributed by atoms with Crippen molar-refractivity contribution >= 4 is 11.9 Å². The van der Waals surface area contributed by atoms with E-state index in [2.05, 4.69) is 11.7 Å². The van der Waals surface area contributed by atoms with Gasteiger partial charge in [-0.1, -0.05) is 13.8 Å². The third-order valence-electron chi connectivity index (χ3n) is 7.91. The van der Waals surface area contributed by atoms with Crippen LogP contribution < -0.4 is 0 Å². The van der Waals surface area contributed by atoms with Crippen molar-refractivity contribution in [2.45, 2.75) is 118 Å². The van der Waals surface area contributed by atoms with Crippen molar-refractivity contribution in [3.05, 3.63) is 0 Å². The highest BCUT2D eigenvalue weighted by atomic mass is 19.4. The molecule has 7 heteroatoms. The Balaban J connectivity index is 0.000000237. The topological polar surface area (TPSA) is 52.6 Å². The van der Waals surface area contributed by atoms with Crippen LogP contribution in [0.2, 0.25) is 0 Å². The summed E-state index contributed by atoms with van der Waals surface area (Å²) >= 11 is 0. The number of hydrogen-bond donors (Lipinski definition) is 0. The molecule has 4 aliphatic carbocycles. The minimum Gasteiger partial charge on any atom is -0.459 e. The minimum atomic E-state index is -4.49. The fourth-order valence-electron chi connectivity index (χ4n) is 5.17. The van der Waals surface area contributed by atoms with E-state index in [0.717, 1.165) is 50.4 Å². The molecule has 0 aromatic rings. The monoisotopic (exact) mass is 462 g/mol. The van der Waals surface area contributed by atoms with Crippen LogP contribution in [0.1, 0.15) is 99.8 Å². The highest BCUT2D eigenvalue weighted by Crippen LogP contribution is 2.57. The molecule has 4 fully saturated rings. The zero-order chi connectivity index (χ0) is 24.5. The van der Waals surface area contributed by atoms with E-state index in [1.54, 1.807) is 20.8 Å². The van der Waals surface area contributed by atoms with Crippen molar-refractivity contribution in [2.24, 2.45) is 28.6 Å². The normalized spacial score (nSPS) is 30.2. The standard InChI is InChI=1S/C16H26O2.C9H15F3O2/c1-4-15(2,3)14(17)18-16-8-11-5-12(9-16)7-13(6-11)10-16;1-5-8(3,4)7(13)14-6(2)9(10,11)12/h11-13H,4-10H2,1-3H3;6H,5H2,1-4H3. The lowest BCUT2D eigenvalue weighted by Crippen LogP contribution is -2.53. The van der Waals surface area contributed by atoms with Gasteiger partial charge in [0.25, 0.3) is 0 Å². The fraction of sp³-hybridized carbons (Fsp3) is 0.920. The summed E-state index contributed by atoms with van der Waals surface area (Å²) in [4.78, 5) is 23.6. The average Bonchev–Trinajstić information content (AvgIpc) is 2.66. The molecule has 0 aromatic carbocycles.